The van der Waals surface area contributed by atoms with Gasteiger partial charge in [-0.1, -0.05) is 0 Å². The van der Waals surface area contributed by atoms with E-state index >= 15 is 0 Å². The van der Waals surface area contributed by atoms with Crippen molar-refractivity contribution in [3.05, 3.63) is 0 Å². The summed E-state index contributed by atoms with van der Waals surface area (Å²) in [5.41, 5.74) is 5.18. The van der Waals surface area contributed by atoms with E-state index in [2.05, 4.69) is 4.52 Å². The molecule has 1 rings (SSSR count). The van der Waals surface area contributed by atoms with Crippen molar-refractivity contribution in [2.45, 2.75) is 43.7 Å². The molecule has 12 nitrogen and oxygen atoms in total. The summed E-state index contributed by atoms with van der Waals surface area (Å²) in [6.07, 6.45) is -9.19. The molecule has 148 valence electrons. The van der Waals surface area contributed by atoms with Crippen molar-refractivity contribution in [1.29, 1.82) is 0 Å². The number of phosphoric ester groups is 1. The highest BCUT2D eigenvalue weighted by molar-refractivity contribution is 7.47. The number of hydrogen-bond donors (Lipinski definition) is 5. The molecule has 0 aromatic rings. The quantitative estimate of drug-likeness (QED) is 0.206. The third-order valence-electron chi connectivity index (χ3n) is 3.28. The van der Waals surface area contributed by atoms with Crippen molar-refractivity contribution >= 4 is 13.8 Å². The SMILES string of the molecule is CO[C@H]1O[C@H]([C@@H](O)CO)[C@@H](O)[C@H](OP(=O)(O)OCCN)[C@@H]1OC(C)=O. The summed E-state index contributed by atoms with van der Waals surface area (Å²) < 4.78 is 36.7. The molecule has 0 aliphatic carbocycles. The molecule has 1 aliphatic heterocycles. The Morgan fingerprint density at radius 1 is 1.40 bits per heavy atom. The molecular formula is C12H24NO11P. The Morgan fingerprint density at radius 3 is 2.52 bits per heavy atom. The summed E-state index contributed by atoms with van der Waals surface area (Å²) in [6, 6.07) is 0. The molecule has 1 fully saturated rings. The monoisotopic (exact) mass is 389 g/mol. The number of carbonyl (C=O) groups is 1. The lowest BCUT2D eigenvalue weighted by atomic mass is 9.95. The van der Waals surface area contributed by atoms with Gasteiger partial charge in [-0.25, -0.2) is 4.57 Å². The Labute approximate surface area is 144 Å². The Balaban J connectivity index is 3.10. The number of aliphatic hydroxyl groups excluding tert-OH is 3. The molecule has 0 aromatic heterocycles. The summed E-state index contributed by atoms with van der Waals surface area (Å²) in [5.74, 6) is -0.798. The van der Waals surface area contributed by atoms with Crippen LogP contribution in [0.5, 0.6) is 0 Å². The van der Waals surface area contributed by atoms with Crippen LogP contribution in [0.1, 0.15) is 6.92 Å². The topological polar surface area (TPSA) is 187 Å². The van der Waals surface area contributed by atoms with Gasteiger partial charge >= 0.3 is 13.8 Å². The van der Waals surface area contributed by atoms with Crippen LogP contribution in [0.15, 0.2) is 0 Å². The van der Waals surface area contributed by atoms with Gasteiger partial charge < -0.3 is 40.2 Å². The van der Waals surface area contributed by atoms with E-state index in [9.17, 15) is 24.5 Å². The van der Waals surface area contributed by atoms with E-state index in [1.807, 2.05) is 0 Å². The number of esters is 1. The number of nitrogens with two attached hydrogens (primary N) is 1. The van der Waals surface area contributed by atoms with Gasteiger partial charge in [0.2, 0.25) is 0 Å². The van der Waals surface area contributed by atoms with Crippen LogP contribution in [0.4, 0.5) is 0 Å². The second-order valence-corrected chi connectivity index (χ2v) is 6.59. The van der Waals surface area contributed by atoms with E-state index in [0.29, 0.717) is 0 Å². The summed E-state index contributed by atoms with van der Waals surface area (Å²) in [7, 11) is -3.50. The number of ether oxygens (including phenoxy) is 3. The van der Waals surface area contributed by atoms with Gasteiger partial charge in [0.05, 0.1) is 13.2 Å². The molecule has 25 heavy (non-hydrogen) atoms. The van der Waals surface area contributed by atoms with Gasteiger partial charge in [-0.05, 0) is 0 Å². The molecule has 6 N–H and O–H groups in total. The van der Waals surface area contributed by atoms with Gasteiger partial charge in [0.25, 0.3) is 0 Å². The van der Waals surface area contributed by atoms with Crippen molar-refractivity contribution in [1.82, 2.24) is 0 Å². The van der Waals surface area contributed by atoms with Crippen molar-refractivity contribution < 1.29 is 52.8 Å². The minimum absolute atomic E-state index is 0.0653. The normalized spacial score (nSPS) is 33.5. The van der Waals surface area contributed by atoms with Crippen molar-refractivity contribution in [3.63, 3.8) is 0 Å². The molecular weight excluding hydrogens is 365 g/mol. The molecule has 0 radical (unpaired) electrons. The third kappa shape index (κ3) is 6.22. The van der Waals surface area contributed by atoms with E-state index in [4.69, 9.17) is 29.6 Å². The molecule has 1 saturated heterocycles. The summed E-state index contributed by atoms with van der Waals surface area (Å²) in [4.78, 5) is 21.0. The van der Waals surface area contributed by atoms with E-state index in [-0.39, 0.29) is 13.2 Å². The third-order valence-corrected chi connectivity index (χ3v) is 4.30. The highest BCUT2D eigenvalue weighted by Gasteiger charge is 2.52. The molecule has 0 aromatic carbocycles. The second kappa shape index (κ2) is 9.88. The standard InChI is InChI=1S/C12H24NO11P/c1-6(15)22-11-10(24-25(18,19)21-4-3-13)8(17)9(7(16)5-14)23-12(11)20-2/h7-12,14,16-17H,3-5,13H2,1-2H3,(H,18,19)/t7-,8+,9+,10-,11-,12-/m0/s1. The Hall–Kier alpha value is -0.660. The van der Waals surface area contributed by atoms with Crippen molar-refractivity contribution in [2.75, 3.05) is 26.9 Å². The fraction of sp³-hybridized carbons (Fsp3) is 0.917. The van der Waals surface area contributed by atoms with Gasteiger partial charge in [-0.15, -0.1) is 0 Å². The number of hydrogen-bond acceptors (Lipinski definition) is 11. The lowest BCUT2D eigenvalue weighted by Crippen LogP contribution is -2.63. The van der Waals surface area contributed by atoms with E-state index in [0.717, 1.165) is 6.92 Å². The van der Waals surface area contributed by atoms with Crippen LogP contribution in [-0.4, -0.2) is 89.9 Å². The summed E-state index contributed by atoms with van der Waals surface area (Å²) in [6.45, 7) is -0.0796. The Bertz CT molecular complexity index is 478. The Kier molecular flexibility index (Phi) is 8.84. The zero-order valence-electron chi connectivity index (χ0n) is 13.8. The van der Waals surface area contributed by atoms with E-state index < -0.39 is 57.2 Å². The maximum absolute atomic E-state index is 12.0. The smallest absolute Gasteiger partial charge is 0.454 e. The molecule has 0 spiro atoms. The van der Waals surface area contributed by atoms with Gasteiger partial charge in [0.1, 0.15) is 24.4 Å². The molecule has 1 heterocycles. The van der Waals surface area contributed by atoms with Crippen LogP contribution >= 0.6 is 7.82 Å². The lowest BCUT2D eigenvalue weighted by molar-refractivity contribution is -0.305. The maximum atomic E-state index is 12.0. The molecule has 0 bridgehead atoms. The first-order chi connectivity index (χ1) is 11.7. The molecule has 1 unspecified atom stereocenters. The predicted octanol–water partition coefficient (Wildman–Crippen LogP) is -2.54. The first kappa shape index (κ1) is 22.4. The van der Waals surface area contributed by atoms with Gasteiger partial charge in [-0.3, -0.25) is 13.8 Å². The minimum Gasteiger partial charge on any atom is -0.454 e. The number of phosphoric acid groups is 1. The molecule has 1 aliphatic rings. The first-order valence-corrected chi connectivity index (χ1v) is 8.84. The van der Waals surface area contributed by atoms with Crippen LogP contribution in [0, 0.1) is 0 Å². The lowest BCUT2D eigenvalue weighted by Gasteiger charge is -2.44. The van der Waals surface area contributed by atoms with Crippen LogP contribution in [-0.2, 0) is 32.6 Å². The van der Waals surface area contributed by atoms with E-state index in [1.54, 1.807) is 0 Å². The van der Waals surface area contributed by atoms with Crippen LogP contribution in [0.25, 0.3) is 0 Å². The van der Waals surface area contributed by atoms with Gasteiger partial charge in [0, 0.05) is 20.6 Å². The number of carbonyl (C=O) groups excluding carboxylic acids is 1. The van der Waals surface area contributed by atoms with Crippen LogP contribution in [0.2, 0.25) is 0 Å². The zero-order valence-corrected chi connectivity index (χ0v) is 14.7. The average Bonchev–Trinajstić information content (AvgIpc) is 2.55. The van der Waals surface area contributed by atoms with Crippen LogP contribution in [0.3, 0.4) is 0 Å². The van der Waals surface area contributed by atoms with Crippen molar-refractivity contribution in [2.24, 2.45) is 5.73 Å². The number of aliphatic hydroxyl groups is 3. The van der Waals surface area contributed by atoms with Crippen LogP contribution < -0.4 is 5.73 Å². The average molecular weight is 389 g/mol. The van der Waals surface area contributed by atoms with E-state index in [1.165, 1.54) is 7.11 Å². The minimum atomic E-state index is -4.68. The predicted molar refractivity (Wildman–Crippen MR) is 80.0 cm³/mol. The zero-order chi connectivity index (χ0) is 19.2. The fourth-order valence-corrected chi connectivity index (χ4v) is 3.20. The summed E-state index contributed by atoms with van der Waals surface area (Å²) >= 11 is 0. The van der Waals surface area contributed by atoms with Gasteiger partial charge in [0.15, 0.2) is 12.4 Å². The highest BCUT2D eigenvalue weighted by Crippen LogP contribution is 2.47. The fourth-order valence-electron chi connectivity index (χ4n) is 2.25. The van der Waals surface area contributed by atoms with Gasteiger partial charge in [-0.2, -0.15) is 0 Å². The number of methoxy groups -OCH3 is 1. The maximum Gasteiger partial charge on any atom is 0.472 e. The molecule has 0 amide bonds. The molecule has 13 heteroatoms. The second-order valence-electron chi connectivity index (χ2n) is 5.18. The first-order valence-electron chi connectivity index (χ1n) is 7.35. The summed E-state index contributed by atoms with van der Waals surface area (Å²) in [5, 5.41) is 29.2. The number of rotatable bonds is 9. The Morgan fingerprint density at radius 2 is 2.04 bits per heavy atom. The van der Waals surface area contributed by atoms with Crippen molar-refractivity contribution in [3.8, 4) is 0 Å². The molecule has 0 saturated carbocycles. The highest BCUT2D eigenvalue weighted by atomic mass is 31.2. The molecule has 7 atom stereocenters. The largest absolute Gasteiger partial charge is 0.472 e.